The van der Waals surface area contributed by atoms with Crippen molar-refractivity contribution in [1.29, 1.82) is 0 Å². The van der Waals surface area contributed by atoms with E-state index in [0.29, 0.717) is 62.2 Å². The molecule has 2 fully saturated rings. The van der Waals surface area contributed by atoms with Crippen LogP contribution in [-0.4, -0.2) is 109 Å². The number of alkyl halides is 3. The first-order valence-corrected chi connectivity index (χ1v) is 17.9. The molecule has 18 heteroatoms. The number of anilines is 4. The highest BCUT2D eigenvalue weighted by Gasteiger charge is 2.42. The predicted molar refractivity (Wildman–Crippen MR) is 213 cm³/mol. The van der Waals surface area contributed by atoms with Crippen molar-refractivity contribution in [2.45, 2.75) is 71.8 Å². The van der Waals surface area contributed by atoms with Crippen molar-refractivity contribution in [2.75, 3.05) is 69.0 Å². The maximum Gasteiger partial charge on any atom is 0.418 e. The molecule has 4 N–H and O–H groups in total. The summed E-state index contributed by atoms with van der Waals surface area (Å²) in [6.07, 6.45) is -2.30. The Kier molecular flexibility index (Phi) is 15.4. The minimum absolute atomic E-state index is 0. The summed E-state index contributed by atoms with van der Waals surface area (Å²) in [6, 6.07) is 5.14. The Bertz CT molecular complexity index is 1820. The molecule has 3 amide bonds. The fraction of sp³-hybridized carbons (Fsp3) is 0.541. The van der Waals surface area contributed by atoms with Crippen molar-refractivity contribution in [1.82, 2.24) is 30.4 Å². The van der Waals surface area contributed by atoms with Crippen LogP contribution in [0.1, 0.15) is 53.0 Å². The molecule has 0 aliphatic carbocycles. The SMILES string of the molecule is CCN1CCN(c2ccc(Nc3ncnc4cc(OC)c(NC(=O)[C@@H]5CCCN5C(=O)[C@@H](NC(=O)[C@H](C)NC)C(C)(C)C)cc34)cc2C(F)(F)F)CC1.Cl.Cl. The van der Waals surface area contributed by atoms with E-state index in [4.69, 9.17) is 4.74 Å². The summed E-state index contributed by atoms with van der Waals surface area (Å²) < 4.78 is 48.8. The average Bonchev–Trinajstić information content (AvgIpc) is 3.63. The Morgan fingerprint density at radius 3 is 2.29 bits per heavy atom. The number of ether oxygens (including phenoxy) is 1. The molecule has 304 valence electrons. The summed E-state index contributed by atoms with van der Waals surface area (Å²) in [5.41, 5.74) is -0.385. The fourth-order valence-corrected chi connectivity index (χ4v) is 6.74. The van der Waals surface area contributed by atoms with E-state index in [2.05, 4.69) is 36.1 Å². The smallest absolute Gasteiger partial charge is 0.418 e. The highest BCUT2D eigenvalue weighted by molar-refractivity contribution is 6.03. The molecule has 0 spiro atoms. The van der Waals surface area contributed by atoms with E-state index >= 15 is 0 Å². The number of halogens is 5. The van der Waals surface area contributed by atoms with Gasteiger partial charge in [-0.3, -0.25) is 14.4 Å². The van der Waals surface area contributed by atoms with Gasteiger partial charge in [0.2, 0.25) is 17.7 Å². The Hall–Kier alpha value is -4.12. The van der Waals surface area contributed by atoms with Gasteiger partial charge in [0.15, 0.2) is 0 Å². The molecule has 0 unspecified atom stereocenters. The average molecular weight is 815 g/mol. The van der Waals surface area contributed by atoms with Crippen LogP contribution in [0.5, 0.6) is 5.75 Å². The van der Waals surface area contributed by atoms with Crippen molar-refractivity contribution >= 4 is 76.3 Å². The minimum Gasteiger partial charge on any atom is -0.494 e. The standard InChI is InChI=1S/C37H50F3N9O4.2ClH/c1-8-47-14-16-48(17-15-47)28-12-11-23(18-25(28)37(38,39)40)44-32-24-19-27(30(53-7)20-26(24)42-21-43-32)45-34(51)29-10-9-13-49(29)35(52)31(36(3,4)5)46-33(50)22(2)41-6;;/h11-12,18-22,29,31,41H,8-10,13-17H2,1-7H3,(H,45,51)(H,46,50)(H,42,43,44);2*1H/t22-,29-,31+;;/m0../s1. The molecule has 3 heterocycles. The monoisotopic (exact) mass is 813 g/mol. The zero-order valence-electron chi connectivity index (χ0n) is 32.2. The van der Waals surface area contributed by atoms with Crippen LogP contribution in [0.2, 0.25) is 0 Å². The van der Waals surface area contributed by atoms with Crippen LogP contribution in [0.4, 0.5) is 36.1 Å². The predicted octanol–water partition coefficient (Wildman–Crippen LogP) is 5.45. The van der Waals surface area contributed by atoms with Crippen LogP contribution in [0.3, 0.4) is 0 Å². The van der Waals surface area contributed by atoms with Crippen molar-refractivity contribution < 1.29 is 32.3 Å². The van der Waals surface area contributed by atoms with E-state index in [0.717, 1.165) is 12.6 Å². The number of hydrogen-bond acceptors (Lipinski definition) is 10. The third-order valence-corrected chi connectivity index (χ3v) is 10.0. The second kappa shape index (κ2) is 18.7. The number of nitrogens with one attached hydrogen (secondary N) is 4. The minimum atomic E-state index is -4.59. The van der Waals surface area contributed by atoms with E-state index in [1.54, 1.807) is 37.1 Å². The molecule has 5 rings (SSSR count). The zero-order valence-corrected chi connectivity index (χ0v) is 33.8. The quantitative estimate of drug-likeness (QED) is 0.197. The number of amides is 3. The van der Waals surface area contributed by atoms with Crippen molar-refractivity contribution in [3.8, 4) is 5.75 Å². The number of carbonyl (C=O) groups excluding carboxylic acids is 3. The van der Waals surface area contributed by atoms with Crippen LogP contribution in [0, 0.1) is 5.41 Å². The third-order valence-electron chi connectivity index (χ3n) is 10.0. The van der Waals surface area contributed by atoms with Crippen LogP contribution >= 0.6 is 24.8 Å². The first-order chi connectivity index (χ1) is 25.0. The highest BCUT2D eigenvalue weighted by Crippen LogP contribution is 2.40. The Labute approximate surface area is 332 Å². The molecule has 13 nitrogen and oxygen atoms in total. The molecule has 1 aromatic heterocycles. The highest BCUT2D eigenvalue weighted by atomic mass is 35.5. The number of rotatable bonds is 11. The third kappa shape index (κ3) is 10.4. The maximum atomic E-state index is 14.4. The molecular weight excluding hydrogens is 762 g/mol. The summed E-state index contributed by atoms with van der Waals surface area (Å²) in [4.78, 5) is 54.7. The van der Waals surface area contributed by atoms with Gasteiger partial charge in [-0.15, -0.1) is 24.8 Å². The largest absolute Gasteiger partial charge is 0.494 e. The van der Waals surface area contributed by atoms with E-state index < -0.39 is 41.2 Å². The Morgan fingerprint density at radius 1 is 1.00 bits per heavy atom. The summed E-state index contributed by atoms with van der Waals surface area (Å²) >= 11 is 0. The first kappa shape index (κ1) is 45.3. The summed E-state index contributed by atoms with van der Waals surface area (Å²) in [5.74, 6) is -0.622. The van der Waals surface area contributed by atoms with Gasteiger partial charge in [0.1, 0.15) is 30.0 Å². The number of piperazine rings is 1. The van der Waals surface area contributed by atoms with Gasteiger partial charge in [-0.25, -0.2) is 9.97 Å². The van der Waals surface area contributed by atoms with Crippen molar-refractivity contribution in [2.24, 2.45) is 5.41 Å². The number of hydrogen-bond donors (Lipinski definition) is 4. The van der Waals surface area contributed by atoms with Gasteiger partial charge in [0.05, 0.1) is 29.9 Å². The molecule has 2 aliphatic heterocycles. The lowest BCUT2D eigenvalue weighted by molar-refractivity contribution is -0.143. The van der Waals surface area contributed by atoms with Gasteiger partial charge in [0, 0.05) is 55.6 Å². The molecular formula is C37H52Cl2F3N9O4. The number of likely N-dealkylation sites (tertiary alicyclic amines) is 1. The molecule has 2 saturated heterocycles. The normalized spacial score (nSPS) is 17.5. The number of likely N-dealkylation sites (N-methyl/N-ethyl adjacent to an activating group) is 2. The van der Waals surface area contributed by atoms with E-state index in [1.165, 1.54) is 24.4 Å². The van der Waals surface area contributed by atoms with Gasteiger partial charge in [-0.05, 0) is 63.0 Å². The van der Waals surface area contributed by atoms with Gasteiger partial charge < -0.3 is 40.7 Å². The molecule has 3 atom stereocenters. The van der Waals surface area contributed by atoms with Crippen LogP contribution in [-0.2, 0) is 20.6 Å². The maximum absolute atomic E-state index is 14.4. The van der Waals surface area contributed by atoms with Gasteiger partial charge in [-0.2, -0.15) is 13.2 Å². The van der Waals surface area contributed by atoms with Gasteiger partial charge in [-0.1, -0.05) is 27.7 Å². The van der Waals surface area contributed by atoms with E-state index in [1.807, 2.05) is 27.7 Å². The van der Waals surface area contributed by atoms with Crippen molar-refractivity contribution in [3.63, 3.8) is 0 Å². The topological polar surface area (TPSA) is 144 Å². The second-order valence-corrected chi connectivity index (χ2v) is 14.6. The summed E-state index contributed by atoms with van der Waals surface area (Å²) in [5, 5.41) is 12.1. The molecule has 2 aliphatic rings. The number of methoxy groups -OCH3 is 1. The number of nitrogens with zero attached hydrogens (tertiary/aromatic N) is 5. The molecule has 3 aromatic rings. The first-order valence-electron chi connectivity index (χ1n) is 17.9. The van der Waals surface area contributed by atoms with Crippen molar-refractivity contribution in [3.05, 3.63) is 42.2 Å². The van der Waals surface area contributed by atoms with Crippen LogP contribution < -0.4 is 30.9 Å². The molecule has 55 heavy (non-hydrogen) atoms. The Morgan fingerprint density at radius 2 is 1.69 bits per heavy atom. The zero-order chi connectivity index (χ0) is 38.7. The van der Waals surface area contributed by atoms with Crippen LogP contribution in [0.15, 0.2) is 36.7 Å². The molecule has 0 bridgehead atoms. The lowest BCUT2D eigenvalue weighted by atomic mass is 9.85. The number of benzene rings is 2. The summed E-state index contributed by atoms with van der Waals surface area (Å²) in [7, 11) is 3.09. The molecule has 0 saturated carbocycles. The lowest BCUT2D eigenvalue weighted by Crippen LogP contribution is -2.59. The number of carbonyl (C=O) groups is 3. The molecule has 0 radical (unpaired) electrons. The number of fused-ring (bicyclic) bond motifs is 1. The summed E-state index contributed by atoms with van der Waals surface area (Å²) in [6.45, 7) is 12.8. The van der Waals surface area contributed by atoms with Gasteiger partial charge >= 0.3 is 6.18 Å². The van der Waals surface area contributed by atoms with E-state index in [9.17, 15) is 27.6 Å². The lowest BCUT2D eigenvalue weighted by Gasteiger charge is -2.36. The Balaban J connectivity index is 0.00000406. The van der Waals surface area contributed by atoms with Gasteiger partial charge in [0.25, 0.3) is 0 Å². The number of aromatic nitrogens is 2. The second-order valence-electron chi connectivity index (χ2n) is 14.6. The van der Waals surface area contributed by atoms with E-state index in [-0.39, 0.29) is 59.5 Å². The fourth-order valence-electron chi connectivity index (χ4n) is 6.74. The molecule has 2 aromatic carbocycles. The van der Waals surface area contributed by atoms with Crippen LogP contribution in [0.25, 0.3) is 10.9 Å².